The molecule has 9 nitrogen and oxygen atoms in total. The van der Waals surface area contributed by atoms with Gasteiger partial charge in [-0.05, 0) is 18.9 Å². The van der Waals surface area contributed by atoms with E-state index in [1.807, 2.05) is 4.90 Å². The van der Waals surface area contributed by atoms with Crippen molar-refractivity contribution in [1.82, 2.24) is 19.9 Å². The van der Waals surface area contributed by atoms with Crippen molar-refractivity contribution in [3.8, 4) is 5.88 Å². The Balaban J connectivity index is 1.26. The second-order valence-corrected chi connectivity index (χ2v) is 8.88. The lowest BCUT2D eigenvalue weighted by Crippen LogP contribution is -2.49. The summed E-state index contributed by atoms with van der Waals surface area (Å²) in [5.41, 5.74) is -1.56. The number of anilines is 2. The number of hydrogen-bond acceptors (Lipinski definition) is 8. The van der Waals surface area contributed by atoms with Crippen LogP contribution in [0, 0.1) is 0 Å². The van der Waals surface area contributed by atoms with Gasteiger partial charge in [-0.3, -0.25) is 0 Å². The van der Waals surface area contributed by atoms with E-state index in [2.05, 4.69) is 15.0 Å². The van der Waals surface area contributed by atoms with Crippen LogP contribution in [0.15, 0.2) is 24.7 Å². The molecule has 0 bridgehead atoms. The van der Waals surface area contributed by atoms with Crippen molar-refractivity contribution in [1.29, 1.82) is 0 Å². The van der Waals surface area contributed by atoms with Crippen LogP contribution in [0.1, 0.15) is 30.4 Å². The Morgan fingerprint density at radius 3 is 2.26 bits per heavy atom. The third kappa shape index (κ3) is 6.30. The first kappa shape index (κ1) is 27.5. The van der Waals surface area contributed by atoms with Gasteiger partial charge in [0.25, 0.3) is 0 Å². The molecule has 2 saturated heterocycles. The van der Waals surface area contributed by atoms with E-state index >= 15 is 0 Å². The molecule has 1 amide bonds. The van der Waals surface area contributed by atoms with Crippen LogP contribution < -0.4 is 14.5 Å². The fourth-order valence-electron chi connectivity index (χ4n) is 4.53. The Bertz CT molecular complexity index is 1110. The van der Waals surface area contributed by atoms with E-state index < -0.39 is 35.5 Å². The maximum absolute atomic E-state index is 13.4. The second-order valence-electron chi connectivity index (χ2n) is 8.88. The second kappa shape index (κ2) is 11.1. The Hall–Kier alpha value is -3.52. The highest BCUT2D eigenvalue weighted by molar-refractivity contribution is 5.68. The van der Waals surface area contributed by atoms with E-state index in [0.29, 0.717) is 31.7 Å². The van der Waals surface area contributed by atoms with Gasteiger partial charge in [-0.25, -0.2) is 19.7 Å². The molecule has 0 unspecified atom stereocenters. The number of methoxy groups -OCH3 is 1. The van der Waals surface area contributed by atoms with E-state index in [1.165, 1.54) is 11.1 Å². The number of alkyl halides is 6. The van der Waals surface area contributed by atoms with Crippen LogP contribution in [-0.4, -0.2) is 78.4 Å². The Morgan fingerprint density at radius 2 is 1.66 bits per heavy atom. The summed E-state index contributed by atoms with van der Waals surface area (Å²) in [6.07, 6.45) is -4.93. The van der Waals surface area contributed by atoms with Gasteiger partial charge in [-0.15, -0.1) is 0 Å². The number of ether oxygens (including phenoxy) is 2. The third-order valence-corrected chi connectivity index (χ3v) is 6.51. The summed E-state index contributed by atoms with van der Waals surface area (Å²) in [5.74, 6) is -0.343. The topological polar surface area (TPSA) is 83.9 Å². The highest BCUT2D eigenvalue weighted by Crippen LogP contribution is 2.38. The van der Waals surface area contributed by atoms with Gasteiger partial charge < -0.3 is 24.2 Å². The number of rotatable bonds is 6. The molecule has 15 heteroatoms. The van der Waals surface area contributed by atoms with Crippen LogP contribution >= 0.6 is 0 Å². The van der Waals surface area contributed by atoms with Crippen molar-refractivity contribution in [2.45, 2.75) is 37.7 Å². The minimum absolute atomic E-state index is 0.0813. The zero-order chi connectivity index (χ0) is 27.5. The number of carbonyl (C=O) groups is 1. The molecule has 208 valence electrons. The first-order valence-electron chi connectivity index (χ1n) is 11.9. The minimum Gasteiger partial charge on any atom is -0.481 e. The molecule has 2 aliphatic heterocycles. The Kier molecular flexibility index (Phi) is 8.02. The van der Waals surface area contributed by atoms with Crippen LogP contribution in [0.2, 0.25) is 0 Å². The first-order valence-corrected chi connectivity index (χ1v) is 11.9. The summed E-state index contributed by atoms with van der Waals surface area (Å²) >= 11 is 0. The highest BCUT2D eigenvalue weighted by atomic mass is 19.4. The van der Waals surface area contributed by atoms with Crippen LogP contribution in [0.25, 0.3) is 0 Å². The minimum atomic E-state index is -4.61. The number of piperazine rings is 1. The fourth-order valence-corrected chi connectivity index (χ4v) is 4.53. The van der Waals surface area contributed by atoms with E-state index in [1.54, 1.807) is 4.90 Å². The average Bonchev–Trinajstić information content (AvgIpc) is 3.36. The lowest BCUT2D eigenvalue weighted by Gasteiger charge is -2.34. The van der Waals surface area contributed by atoms with E-state index in [4.69, 9.17) is 9.47 Å². The standard InChI is InChI=1S/C23H26F6N6O3/c1-37-19-18(23(27,28)29)11-17(14-30-19)35-5-2-3-16(35)4-10-38-21(36)34-8-6-33(7-9-34)20-31-12-15(13-32-20)22(24,25)26/h11-14,16H,2-10H2,1H3/t16-/m0/s1. The summed E-state index contributed by atoms with van der Waals surface area (Å²) in [5, 5.41) is 0. The van der Waals surface area contributed by atoms with Crippen molar-refractivity contribution in [3.05, 3.63) is 35.8 Å². The molecule has 1 atom stereocenters. The van der Waals surface area contributed by atoms with E-state index in [9.17, 15) is 31.1 Å². The molecule has 2 aromatic rings. The monoisotopic (exact) mass is 548 g/mol. The van der Waals surface area contributed by atoms with Crippen LogP contribution in [0.5, 0.6) is 5.88 Å². The Morgan fingerprint density at radius 1 is 0.974 bits per heavy atom. The molecular weight excluding hydrogens is 522 g/mol. The number of amides is 1. The molecule has 4 heterocycles. The molecule has 2 aromatic heterocycles. The molecule has 4 rings (SSSR count). The van der Waals surface area contributed by atoms with Crippen molar-refractivity contribution in [3.63, 3.8) is 0 Å². The lowest BCUT2D eigenvalue weighted by atomic mass is 10.1. The quantitative estimate of drug-likeness (QED) is 0.496. The number of carbonyl (C=O) groups excluding carboxylic acids is 1. The smallest absolute Gasteiger partial charge is 0.421 e. The maximum Gasteiger partial charge on any atom is 0.421 e. The van der Waals surface area contributed by atoms with Crippen molar-refractivity contribution in [2.75, 3.05) is 56.2 Å². The molecule has 0 radical (unpaired) electrons. The summed E-state index contributed by atoms with van der Waals surface area (Å²) in [4.78, 5) is 28.9. The van der Waals surface area contributed by atoms with Crippen molar-refractivity contribution < 1.29 is 40.6 Å². The average molecular weight is 548 g/mol. The van der Waals surface area contributed by atoms with Gasteiger partial charge in [0, 0.05) is 57.6 Å². The fraction of sp³-hybridized carbons (Fsp3) is 0.565. The third-order valence-electron chi connectivity index (χ3n) is 6.51. The first-order chi connectivity index (χ1) is 18.0. The Labute approximate surface area is 214 Å². The van der Waals surface area contributed by atoms with Crippen LogP contribution in [-0.2, 0) is 17.1 Å². The molecule has 0 saturated carbocycles. The van der Waals surface area contributed by atoms with Crippen LogP contribution in [0.3, 0.4) is 0 Å². The predicted molar refractivity (Wildman–Crippen MR) is 123 cm³/mol. The molecule has 0 aromatic carbocycles. The molecule has 38 heavy (non-hydrogen) atoms. The number of hydrogen-bond donors (Lipinski definition) is 0. The number of pyridine rings is 1. The largest absolute Gasteiger partial charge is 0.481 e. The summed E-state index contributed by atoms with van der Waals surface area (Å²) in [7, 11) is 1.13. The van der Waals surface area contributed by atoms with Gasteiger partial charge in [0.2, 0.25) is 11.8 Å². The maximum atomic E-state index is 13.4. The normalized spacial score (nSPS) is 18.6. The SMILES string of the molecule is COc1ncc(N2CCC[C@H]2CCOC(=O)N2CCN(c3ncc(C(F)(F)F)cn3)CC2)cc1C(F)(F)F. The molecule has 2 fully saturated rings. The van der Waals surface area contributed by atoms with Crippen molar-refractivity contribution >= 4 is 17.7 Å². The van der Waals surface area contributed by atoms with Gasteiger partial charge in [-0.1, -0.05) is 0 Å². The molecular formula is C23H26F6N6O3. The number of nitrogens with zero attached hydrogens (tertiary/aromatic N) is 6. The highest BCUT2D eigenvalue weighted by Gasteiger charge is 2.37. The van der Waals surface area contributed by atoms with Gasteiger partial charge in [0.1, 0.15) is 5.56 Å². The zero-order valence-corrected chi connectivity index (χ0v) is 20.4. The summed E-state index contributed by atoms with van der Waals surface area (Å²) in [6, 6.07) is 0.906. The summed E-state index contributed by atoms with van der Waals surface area (Å²) < 4.78 is 88.4. The molecule has 0 spiro atoms. The lowest BCUT2D eigenvalue weighted by molar-refractivity contribution is -0.139. The van der Waals surface area contributed by atoms with Crippen LogP contribution in [0.4, 0.5) is 42.8 Å². The molecule has 0 N–H and O–H groups in total. The van der Waals surface area contributed by atoms with E-state index in [0.717, 1.165) is 38.4 Å². The summed E-state index contributed by atoms with van der Waals surface area (Å²) in [6.45, 7) is 1.83. The van der Waals surface area contributed by atoms with Gasteiger partial charge in [0.15, 0.2) is 0 Å². The van der Waals surface area contributed by atoms with Gasteiger partial charge in [0.05, 0.1) is 31.2 Å². The predicted octanol–water partition coefficient (Wildman–Crippen LogP) is 4.24. The van der Waals surface area contributed by atoms with Gasteiger partial charge in [-0.2, -0.15) is 26.3 Å². The number of aromatic nitrogens is 3. The zero-order valence-electron chi connectivity index (χ0n) is 20.4. The molecule has 0 aliphatic carbocycles. The van der Waals surface area contributed by atoms with Crippen molar-refractivity contribution in [2.24, 2.45) is 0 Å². The number of halogens is 6. The molecule has 2 aliphatic rings. The van der Waals surface area contributed by atoms with Gasteiger partial charge >= 0.3 is 18.4 Å². The van der Waals surface area contributed by atoms with E-state index in [-0.39, 0.29) is 31.7 Å².